The fourth-order valence-corrected chi connectivity index (χ4v) is 5.09. The van der Waals surface area contributed by atoms with Crippen LogP contribution in [0.3, 0.4) is 0 Å². The molecule has 0 aromatic heterocycles. The van der Waals surface area contributed by atoms with Gasteiger partial charge in [0.05, 0.1) is 12.7 Å². The molecule has 0 aliphatic carbocycles. The van der Waals surface area contributed by atoms with Gasteiger partial charge in [0.2, 0.25) is 0 Å². The number of unbranched alkanes of at least 4 members (excludes halogenated alkanes) is 1. The predicted octanol–water partition coefficient (Wildman–Crippen LogP) is 4.25. The number of ether oxygens (including phenoxy) is 2. The lowest BCUT2D eigenvalue weighted by molar-refractivity contribution is -0.143. The van der Waals surface area contributed by atoms with Crippen LogP contribution < -0.4 is 10.1 Å². The second-order valence-electron chi connectivity index (χ2n) is 9.36. The Morgan fingerprint density at radius 1 is 1.41 bits per heavy atom. The molecular formula is C27H37N3O4. The van der Waals surface area contributed by atoms with E-state index in [1.165, 1.54) is 12.0 Å². The van der Waals surface area contributed by atoms with E-state index in [-0.39, 0.29) is 6.10 Å². The number of hydrogen-bond donors (Lipinski definition) is 2. The van der Waals surface area contributed by atoms with Crippen LogP contribution in [0.25, 0.3) is 0 Å². The summed E-state index contributed by atoms with van der Waals surface area (Å²) >= 11 is 0. The maximum absolute atomic E-state index is 12.2. The first-order valence-corrected chi connectivity index (χ1v) is 12.5. The van der Waals surface area contributed by atoms with Gasteiger partial charge in [0.1, 0.15) is 17.6 Å². The molecular weight excluding hydrogens is 430 g/mol. The van der Waals surface area contributed by atoms with E-state index in [1.807, 2.05) is 29.2 Å². The van der Waals surface area contributed by atoms with Crippen molar-refractivity contribution in [1.82, 2.24) is 10.2 Å². The number of carboxylic acids is 1. The number of benzene rings is 1. The molecule has 1 aromatic rings. The first kappa shape index (κ1) is 24.5. The fraction of sp³-hybridized carbons (Fsp3) is 0.556. The van der Waals surface area contributed by atoms with Gasteiger partial charge in [0.15, 0.2) is 0 Å². The Kier molecular flexibility index (Phi) is 8.40. The molecule has 2 atom stereocenters. The molecule has 3 aliphatic rings. The monoisotopic (exact) mass is 467 g/mol. The molecule has 0 spiro atoms. The Morgan fingerprint density at radius 3 is 3.09 bits per heavy atom. The number of carboxylic acid groups (broad SMARTS) is 1. The molecule has 0 saturated carbocycles. The van der Waals surface area contributed by atoms with Crippen LogP contribution in [0.5, 0.6) is 5.75 Å². The smallest absolute Gasteiger partial charge is 0.325 e. The van der Waals surface area contributed by atoms with Gasteiger partial charge < -0.3 is 19.9 Å². The van der Waals surface area contributed by atoms with Crippen LogP contribution in [0.2, 0.25) is 0 Å². The van der Waals surface area contributed by atoms with Gasteiger partial charge in [0.25, 0.3) is 0 Å². The highest BCUT2D eigenvalue weighted by molar-refractivity contribution is 5.95. The third kappa shape index (κ3) is 5.88. The van der Waals surface area contributed by atoms with Crippen LogP contribution in [0.4, 0.5) is 0 Å². The van der Waals surface area contributed by atoms with Crippen molar-refractivity contribution >= 4 is 11.7 Å². The maximum atomic E-state index is 12.2. The van der Waals surface area contributed by atoms with Crippen LogP contribution in [0, 0.1) is 0 Å². The second kappa shape index (κ2) is 11.7. The summed E-state index contributed by atoms with van der Waals surface area (Å²) in [7, 11) is 0. The average molecular weight is 468 g/mol. The minimum atomic E-state index is -0.810. The fourth-order valence-electron chi connectivity index (χ4n) is 5.09. The standard InChI is InChI=1S/C27H37N3O4/c1-3-20(29-26-19(2)8-7-14-28-26)9-4-5-16-33-21-12-15-30(18-21)25(27(31)32)23-10-6-11-24-22(23)13-17-34-24/h3,6,10-11,21,25,28H,1,4-5,7-9,12-18H2,2H3,(H,31,32)/b29-20+/t21-,25?/m1/s1. The van der Waals surface area contributed by atoms with Crippen LogP contribution in [0.1, 0.15) is 62.6 Å². The van der Waals surface area contributed by atoms with Gasteiger partial charge in [-0.25, -0.2) is 4.99 Å². The first-order chi connectivity index (χ1) is 16.6. The number of fused-ring (bicyclic) bond motifs is 1. The van der Waals surface area contributed by atoms with E-state index >= 15 is 0 Å². The van der Waals surface area contributed by atoms with Crippen molar-refractivity contribution in [3.8, 4) is 5.75 Å². The molecule has 0 bridgehead atoms. The maximum Gasteiger partial charge on any atom is 0.325 e. The lowest BCUT2D eigenvalue weighted by Crippen LogP contribution is -2.34. The Labute approximate surface area is 202 Å². The topological polar surface area (TPSA) is 83.4 Å². The number of likely N-dealkylation sites (tertiary alicyclic amines) is 1. The van der Waals surface area contributed by atoms with E-state index in [0.29, 0.717) is 19.8 Å². The Bertz CT molecular complexity index is 955. The molecule has 3 aliphatic heterocycles. The van der Waals surface area contributed by atoms with Gasteiger partial charge in [-0.05, 0) is 68.7 Å². The Balaban J connectivity index is 1.24. The number of rotatable bonds is 11. The van der Waals surface area contributed by atoms with Crippen LogP contribution in [-0.2, 0) is 16.0 Å². The van der Waals surface area contributed by atoms with E-state index < -0.39 is 12.0 Å². The minimum absolute atomic E-state index is 0.0710. The number of aliphatic carboxylic acids is 1. The summed E-state index contributed by atoms with van der Waals surface area (Å²) in [5.41, 5.74) is 4.22. The zero-order valence-electron chi connectivity index (χ0n) is 20.2. The number of nitrogens with one attached hydrogen (secondary N) is 1. The SMILES string of the molecule is C=C/C(CCCCO[C@@H]1CCN(C(C(=O)O)c2cccc3c2CCO3)C1)=N\C1=C(C)CCCN1. The molecule has 184 valence electrons. The van der Waals surface area contributed by atoms with E-state index in [0.717, 1.165) is 80.0 Å². The number of hydrogen-bond acceptors (Lipinski definition) is 6. The summed E-state index contributed by atoms with van der Waals surface area (Å²) in [6.45, 7) is 9.70. The molecule has 1 saturated heterocycles. The van der Waals surface area contributed by atoms with Gasteiger partial charge >= 0.3 is 5.97 Å². The summed E-state index contributed by atoms with van der Waals surface area (Å²) in [4.78, 5) is 19.0. The lowest BCUT2D eigenvalue weighted by atomic mass is 9.97. The summed E-state index contributed by atoms with van der Waals surface area (Å²) in [6.07, 6.45) is 8.63. The number of nitrogens with zero attached hydrogens (tertiary/aromatic N) is 2. The van der Waals surface area contributed by atoms with Crippen molar-refractivity contribution in [2.75, 3.05) is 32.8 Å². The molecule has 1 aromatic carbocycles. The Hall–Kier alpha value is -2.64. The third-order valence-corrected chi connectivity index (χ3v) is 6.95. The number of allylic oxidation sites excluding steroid dienone is 2. The van der Waals surface area contributed by atoms with Crippen molar-refractivity contribution in [2.45, 2.75) is 64.0 Å². The zero-order valence-corrected chi connectivity index (χ0v) is 20.2. The Morgan fingerprint density at radius 2 is 2.29 bits per heavy atom. The highest BCUT2D eigenvalue weighted by Crippen LogP contribution is 2.35. The molecule has 7 nitrogen and oxygen atoms in total. The molecule has 7 heteroatoms. The van der Waals surface area contributed by atoms with E-state index in [4.69, 9.17) is 14.5 Å². The van der Waals surface area contributed by atoms with Crippen molar-refractivity contribution < 1.29 is 19.4 Å². The van der Waals surface area contributed by atoms with Gasteiger partial charge in [0, 0.05) is 43.9 Å². The second-order valence-corrected chi connectivity index (χ2v) is 9.36. The molecule has 0 radical (unpaired) electrons. The van der Waals surface area contributed by atoms with Gasteiger partial charge in [-0.15, -0.1) is 0 Å². The normalized spacial score (nSPS) is 21.7. The van der Waals surface area contributed by atoms with Crippen LogP contribution in [0.15, 0.2) is 47.2 Å². The van der Waals surface area contributed by atoms with Crippen LogP contribution >= 0.6 is 0 Å². The molecule has 34 heavy (non-hydrogen) atoms. The van der Waals surface area contributed by atoms with E-state index in [2.05, 4.69) is 18.8 Å². The highest BCUT2D eigenvalue weighted by atomic mass is 16.5. The molecule has 0 amide bonds. The molecule has 1 unspecified atom stereocenters. The largest absolute Gasteiger partial charge is 0.493 e. The number of aliphatic imine (C=N–C) groups is 1. The van der Waals surface area contributed by atoms with Crippen LogP contribution in [-0.4, -0.2) is 60.6 Å². The number of carbonyl (C=O) groups is 1. The van der Waals surface area contributed by atoms with E-state index in [1.54, 1.807) is 0 Å². The molecule has 3 heterocycles. The zero-order chi connectivity index (χ0) is 23.9. The molecule has 4 rings (SSSR count). The quantitative estimate of drug-likeness (QED) is 0.374. The summed E-state index contributed by atoms with van der Waals surface area (Å²) in [6, 6.07) is 5.09. The lowest BCUT2D eigenvalue weighted by Gasteiger charge is -2.26. The van der Waals surface area contributed by atoms with Crippen molar-refractivity contribution in [1.29, 1.82) is 0 Å². The molecule has 2 N–H and O–H groups in total. The third-order valence-electron chi connectivity index (χ3n) is 6.95. The molecule has 1 fully saturated rings. The average Bonchev–Trinajstić information content (AvgIpc) is 3.49. The summed E-state index contributed by atoms with van der Waals surface area (Å²) in [5.74, 6) is 1.02. The summed E-state index contributed by atoms with van der Waals surface area (Å²) in [5, 5.41) is 13.4. The van der Waals surface area contributed by atoms with E-state index in [9.17, 15) is 9.90 Å². The van der Waals surface area contributed by atoms with Gasteiger partial charge in [-0.2, -0.15) is 0 Å². The predicted molar refractivity (Wildman–Crippen MR) is 133 cm³/mol. The van der Waals surface area contributed by atoms with Crippen molar-refractivity contribution in [3.63, 3.8) is 0 Å². The van der Waals surface area contributed by atoms with Crippen molar-refractivity contribution in [3.05, 3.63) is 53.4 Å². The minimum Gasteiger partial charge on any atom is -0.493 e. The van der Waals surface area contributed by atoms with Gasteiger partial charge in [-0.3, -0.25) is 9.69 Å². The van der Waals surface area contributed by atoms with Crippen molar-refractivity contribution in [2.24, 2.45) is 4.99 Å². The van der Waals surface area contributed by atoms with Gasteiger partial charge in [-0.1, -0.05) is 18.7 Å². The first-order valence-electron chi connectivity index (χ1n) is 12.5. The summed E-state index contributed by atoms with van der Waals surface area (Å²) < 4.78 is 11.8. The highest BCUT2D eigenvalue weighted by Gasteiger charge is 2.36.